The Balaban J connectivity index is 2.21. The first-order chi connectivity index (χ1) is 8.51. The molecule has 0 atom stereocenters. The fraction of sp³-hybridized carbons (Fsp3) is 0.500. The van der Waals surface area contributed by atoms with E-state index in [1.165, 1.54) is 4.31 Å². The predicted molar refractivity (Wildman–Crippen MR) is 69.6 cm³/mol. The SMILES string of the molecule is CN(C1CCOCC1)S(=O)(=O)c1ccc(N)cc1. The Kier molecular flexibility index (Phi) is 3.89. The van der Waals surface area contributed by atoms with Gasteiger partial charge in [-0.1, -0.05) is 0 Å². The number of nitrogens with two attached hydrogens (primary N) is 1. The summed E-state index contributed by atoms with van der Waals surface area (Å²) in [6.07, 6.45) is 1.48. The first-order valence-corrected chi connectivity index (χ1v) is 7.37. The Hall–Kier alpha value is -1.11. The van der Waals surface area contributed by atoms with E-state index in [-0.39, 0.29) is 10.9 Å². The van der Waals surface area contributed by atoms with Crippen molar-refractivity contribution < 1.29 is 13.2 Å². The quantitative estimate of drug-likeness (QED) is 0.834. The average Bonchev–Trinajstić information content (AvgIpc) is 2.39. The van der Waals surface area contributed by atoms with Gasteiger partial charge in [0.25, 0.3) is 0 Å². The van der Waals surface area contributed by atoms with Crippen LogP contribution < -0.4 is 5.73 Å². The Labute approximate surface area is 108 Å². The molecule has 1 fully saturated rings. The highest BCUT2D eigenvalue weighted by Gasteiger charge is 2.29. The van der Waals surface area contributed by atoms with Gasteiger partial charge in [0.15, 0.2) is 0 Å². The molecule has 0 radical (unpaired) electrons. The molecule has 1 aromatic carbocycles. The third-order valence-corrected chi connectivity index (χ3v) is 5.19. The molecule has 2 rings (SSSR count). The van der Waals surface area contributed by atoms with Crippen LogP contribution in [0.15, 0.2) is 29.2 Å². The van der Waals surface area contributed by atoms with Crippen molar-refractivity contribution in [3.63, 3.8) is 0 Å². The van der Waals surface area contributed by atoms with Crippen molar-refractivity contribution in [1.82, 2.24) is 4.31 Å². The number of nitrogens with zero attached hydrogens (tertiary/aromatic N) is 1. The summed E-state index contributed by atoms with van der Waals surface area (Å²) >= 11 is 0. The minimum atomic E-state index is -3.43. The monoisotopic (exact) mass is 270 g/mol. The van der Waals surface area contributed by atoms with Gasteiger partial charge in [0.05, 0.1) is 4.90 Å². The lowest BCUT2D eigenvalue weighted by molar-refractivity contribution is 0.0632. The maximum absolute atomic E-state index is 12.4. The predicted octanol–water partition coefficient (Wildman–Crippen LogP) is 1.07. The molecule has 0 spiro atoms. The number of rotatable bonds is 3. The van der Waals surface area contributed by atoms with Crippen LogP contribution in [0.5, 0.6) is 0 Å². The lowest BCUT2D eigenvalue weighted by atomic mass is 10.1. The zero-order valence-electron chi connectivity index (χ0n) is 10.4. The van der Waals surface area contributed by atoms with Crippen LogP contribution in [-0.2, 0) is 14.8 Å². The van der Waals surface area contributed by atoms with E-state index in [1.807, 2.05) is 0 Å². The number of anilines is 1. The van der Waals surface area contributed by atoms with Gasteiger partial charge < -0.3 is 10.5 Å². The maximum Gasteiger partial charge on any atom is 0.243 e. The standard InChI is InChI=1S/C12H18N2O3S/c1-14(11-6-8-17-9-7-11)18(15,16)12-4-2-10(13)3-5-12/h2-5,11H,6-9,13H2,1H3. The number of ether oxygens (including phenoxy) is 1. The van der Waals surface area contributed by atoms with E-state index < -0.39 is 10.0 Å². The van der Waals surface area contributed by atoms with Crippen molar-refractivity contribution >= 4 is 15.7 Å². The maximum atomic E-state index is 12.4. The second-order valence-electron chi connectivity index (χ2n) is 4.43. The second kappa shape index (κ2) is 5.26. The number of sulfonamides is 1. The molecule has 5 nitrogen and oxygen atoms in total. The molecule has 100 valence electrons. The minimum Gasteiger partial charge on any atom is -0.399 e. The van der Waals surface area contributed by atoms with Crippen LogP contribution in [-0.4, -0.2) is 39.0 Å². The van der Waals surface area contributed by atoms with Crippen LogP contribution >= 0.6 is 0 Å². The summed E-state index contributed by atoms with van der Waals surface area (Å²) < 4.78 is 31.5. The van der Waals surface area contributed by atoms with Crippen molar-refractivity contribution in [1.29, 1.82) is 0 Å². The van der Waals surface area contributed by atoms with Crippen molar-refractivity contribution in [3.05, 3.63) is 24.3 Å². The molecule has 1 heterocycles. The molecular weight excluding hydrogens is 252 g/mol. The van der Waals surface area contributed by atoms with Crippen molar-refractivity contribution in [3.8, 4) is 0 Å². The van der Waals surface area contributed by atoms with E-state index in [9.17, 15) is 8.42 Å². The summed E-state index contributed by atoms with van der Waals surface area (Å²) in [6, 6.07) is 6.30. The zero-order valence-corrected chi connectivity index (χ0v) is 11.2. The Morgan fingerprint density at radius 1 is 1.22 bits per heavy atom. The summed E-state index contributed by atoms with van der Waals surface area (Å²) in [5, 5.41) is 0. The molecule has 0 unspecified atom stereocenters. The molecule has 2 N–H and O–H groups in total. The van der Waals surface area contributed by atoms with E-state index in [0.717, 1.165) is 12.8 Å². The van der Waals surface area contributed by atoms with E-state index in [2.05, 4.69) is 0 Å². The van der Waals surface area contributed by atoms with Gasteiger partial charge in [0, 0.05) is 32.0 Å². The fourth-order valence-electron chi connectivity index (χ4n) is 2.05. The number of nitrogen functional groups attached to an aromatic ring is 1. The molecular formula is C12H18N2O3S. The molecule has 1 aliphatic rings. The number of hydrogen-bond acceptors (Lipinski definition) is 4. The van der Waals surface area contributed by atoms with E-state index >= 15 is 0 Å². The molecule has 0 aliphatic carbocycles. The normalized spacial score (nSPS) is 18.1. The second-order valence-corrected chi connectivity index (χ2v) is 6.43. The fourth-order valence-corrected chi connectivity index (χ4v) is 3.47. The third kappa shape index (κ3) is 2.66. The zero-order chi connectivity index (χ0) is 13.2. The molecule has 1 aliphatic heterocycles. The van der Waals surface area contributed by atoms with Gasteiger partial charge >= 0.3 is 0 Å². The first kappa shape index (κ1) is 13.3. The van der Waals surface area contributed by atoms with Gasteiger partial charge in [0.1, 0.15) is 0 Å². The first-order valence-electron chi connectivity index (χ1n) is 5.93. The highest BCUT2D eigenvalue weighted by Crippen LogP contribution is 2.22. The van der Waals surface area contributed by atoms with Gasteiger partial charge in [0.2, 0.25) is 10.0 Å². The molecule has 1 saturated heterocycles. The van der Waals surface area contributed by atoms with Crippen molar-refractivity contribution in [2.75, 3.05) is 26.0 Å². The Morgan fingerprint density at radius 3 is 2.33 bits per heavy atom. The molecule has 0 aromatic heterocycles. The molecule has 0 bridgehead atoms. The molecule has 0 saturated carbocycles. The highest BCUT2D eigenvalue weighted by atomic mass is 32.2. The van der Waals surface area contributed by atoms with Crippen LogP contribution in [0.25, 0.3) is 0 Å². The third-order valence-electron chi connectivity index (χ3n) is 3.26. The largest absolute Gasteiger partial charge is 0.399 e. The number of benzene rings is 1. The molecule has 1 aromatic rings. The average molecular weight is 270 g/mol. The molecule has 0 amide bonds. The van der Waals surface area contributed by atoms with Crippen LogP contribution in [0.4, 0.5) is 5.69 Å². The smallest absolute Gasteiger partial charge is 0.243 e. The Bertz CT molecular complexity index is 493. The van der Waals surface area contributed by atoms with Crippen LogP contribution in [0, 0.1) is 0 Å². The minimum absolute atomic E-state index is 0.0151. The van der Waals surface area contributed by atoms with Crippen molar-refractivity contribution in [2.45, 2.75) is 23.8 Å². The number of hydrogen-bond donors (Lipinski definition) is 1. The van der Waals surface area contributed by atoms with Gasteiger partial charge in [-0.15, -0.1) is 0 Å². The molecule has 6 heteroatoms. The topological polar surface area (TPSA) is 72.6 Å². The van der Waals surface area contributed by atoms with E-state index in [0.29, 0.717) is 18.9 Å². The van der Waals surface area contributed by atoms with Crippen LogP contribution in [0.3, 0.4) is 0 Å². The lowest BCUT2D eigenvalue weighted by Gasteiger charge is -2.30. The molecule has 18 heavy (non-hydrogen) atoms. The summed E-state index contributed by atoms with van der Waals surface area (Å²) in [6.45, 7) is 1.23. The summed E-state index contributed by atoms with van der Waals surface area (Å²) in [4.78, 5) is 0.283. The van der Waals surface area contributed by atoms with Gasteiger partial charge in [-0.25, -0.2) is 8.42 Å². The van der Waals surface area contributed by atoms with Gasteiger partial charge in [-0.3, -0.25) is 0 Å². The van der Waals surface area contributed by atoms with Crippen LogP contribution in [0.2, 0.25) is 0 Å². The van der Waals surface area contributed by atoms with Gasteiger partial charge in [-0.2, -0.15) is 4.31 Å². The Morgan fingerprint density at radius 2 is 1.78 bits per heavy atom. The van der Waals surface area contributed by atoms with Gasteiger partial charge in [-0.05, 0) is 37.1 Å². The summed E-state index contributed by atoms with van der Waals surface area (Å²) in [5.74, 6) is 0. The van der Waals surface area contributed by atoms with E-state index in [4.69, 9.17) is 10.5 Å². The highest BCUT2D eigenvalue weighted by molar-refractivity contribution is 7.89. The lowest BCUT2D eigenvalue weighted by Crippen LogP contribution is -2.40. The van der Waals surface area contributed by atoms with Crippen molar-refractivity contribution in [2.24, 2.45) is 0 Å². The van der Waals surface area contributed by atoms with E-state index in [1.54, 1.807) is 31.3 Å². The summed E-state index contributed by atoms with van der Waals surface area (Å²) in [5.41, 5.74) is 6.12. The van der Waals surface area contributed by atoms with Crippen LogP contribution in [0.1, 0.15) is 12.8 Å². The summed E-state index contributed by atoms with van der Waals surface area (Å²) in [7, 11) is -1.81.